The molecule has 2 heterocycles. The lowest BCUT2D eigenvalue weighted by Crippen LogP contribution is -2.12. The molecule has 2 aromatic heterocycles. The van der Waals surface area contributed by atoms with Gasteiger partial charge in [0.05, 0.1) is 0 Å². The minimum absolute atomic E-state index is 0.260. The van der Waals surface area contributed by atoms with Crippen LogP contribution in [-0.2, 0) is 0 Å². The molecule has 0 aliphatic heterocycles. The number of hydrogen-bond donors (Lipinski definition) is 2. The Morgan fingerprint density at radius 3 is 2.75 bits per heavy atom. The third kappa shape index (κ3) is 3.75. The number of nitrogens with one attached hydrogen (secondary N) is 2. The number of anilines is 3. The summed E-state index contributed by atoms with van der Waals surface area (Å²) in [7, 11) is 0. The Hall–Kier alpha value is -2.80. The number of carbonyl (C=O) groups is 1. The van der Waals surface area contributed by atoms with Crippen molar-refractivity contribution in [1.29, 1.82) is 0 Å². The van der Waals surface area contributed by atoms with Crippen LogP contribution in [0, 0.1) is 19.7 Å². The van der Waals surface area contributed by atoms with Gasteiger partial charge in [0, 0.05) is 16.8 Å². The number of thiazole rings is 1. The molecule has 1 amide bonds. The van der Waals surface area contributed by atoms with Crippen molar-refractivity contribution in [1.82, 2.24) is 9.97 Å². The van der Waals surface area contributed by atoms with Crippen LogP contribution < -0.4 is 10.6 Å². The second-order valence-electron chi connectivity index (χ2n) is 5.25. The number of nitrogens with zero attached hydrogens (tertiary/aromatic N) is 2. The van der Waals surface area contributed by atoms with Gasteiger partial charge >= 0.3 is 0 Å². The van der Waals surface area contributed by atoms with Gasteiger partial charge < -0.3 is 10.6 Å². The van der Waals surface area contributed by atoms with Gasteiger partial charge in [-0.05, 0) is 43.7 Å². The van der Waals surface area contributed by atoms with E-state index in [9.17, 15) is 9.18 Å². The molecule has 0 aliphatic rings. The van der Waals surface area contributed by atoms with Crippen molar-refractivity contribution < 1.29 is 9.18 Å². The zero-order valence-corrected chi connectivity index (χ0v) is 13.9. The second kappa shape index (κ2) is 6.76. The van der Waals surface area contributed by atoms with E-state index in [1.165, 1.54) is 17.4 Å². The lowest BCUT2D eigenvalue weighted by atomic mass is 10.2. The summed E-state index contributed by atoms with van der Waals surface area (Å²) in [6, 6.07) is 10.2. The number of halogens is 1. The van der Waals surface area contributed by atoms with Crippen molar-refractivity contribution in [2.24, 2.45) is 0 Å². The Morgan fingerprint density at radius 1 is 1.17 bits per heavy atom. The highest BCUT2D eigenvalue weighted by molar-refractivity contribution is 7.14. The number of carbonyl (C=O) groups excluding carboxylic acids is 1. The van der Waals surface area contributed by atoms with Crippen molar-refractivity contribution in [3.8, 4) is 0 Å². The predicted octanol–water partition coefficient (Wildman–Crippen LogP) is 4.29. The van der Waals surface area contributed by atoms with E-state index >= 15 is 0 Å². The molecule has 0 radical (unpaired) electrons. The van der Waals surface area contributed by atoms with Crippen molar-refractivity contribution in [2.45, 2.75) is 13.8 Å². The maximum Gasteiger partial charge on any atom is 0.275 e. The summed E-state index contributed by atoms with van der Waals surface area (Å²) in [5.41, 5.74) is 2.07. The number of benzene rings is 1. The molecular formula is C17H15FN4OS. The third-order valence-corrected chi connectivity index (χ3v) is 4.05. The normalized spacial score (nSPS) is 10.5. The quantitative estimate of drug-likeness (QED) is 0.742. The first kappa shape index (κ1) is 16.1. The van der Waals surface area contributed by atoms with Gasteiger partial charge in [-0.2, -0.15) is 0 Å². The van der Waals surface area contributed by atoms with Crippen LogP contribution in [-0.4, -0.2) is 15.9 Å². The average molecular weight is 342 g/mol. The van der Waals surface area contributed by atoms with Crippen LogP contribution in [0.1, 0.15) is 21.7 Å². The summed E-state index contributed by atoms with van der Waals surface area (Å²) in [6.45, 7) is 3.56. The maximum atomic E-state index is 13.5. The lowest BCUT2D eigenvalue weighted by Gasteiger charge is -2.04. The zero-order valence-electron chi connectivity index (χ0n) is 13.1. The summed E-state index contributed by atoms with van der Waals surface area (Å²) in [6.07, 6.45) is 0. The molecule has 122 valence electrons. The van der Waals surface area contributed by atoms with Crippen LogP contribution in [0.2, 0.25) is 0 Å². The number of rotatable bonds is 4. The molecule has 0 atom stereocenters. The average Bonchev–Trinajstić information content (AvgIpc) is 2.99. The van der Waals surface area contributed by atoms with Gasteiger partial charge in [0.25, 0.3) is 5.91 Å². The highest BCUT2D eigenvalue weighted by atomic mass is 32.1. The fourth-order valence-corrected chi connectivity index (χ4v) is 2.72. The molecule has 0 saturated heterocycles. The molecule has 1 aromatic carbocycles. The van der Waals surface area contributed by atoms with Crippen LogP contribution in [0.15, 0.2) is 41.8 Å². The van der Waals surface area contributed by atoms with Gasteiger partial charge in [0.1, 0.15) is 17.3 Å². The molecule has 3 rings (SSSR count). The standard InChI is InChI=1S/C17H15FN4OS/c1-10-6-7-12(8-13(10)18)20-16(23)14-9-24-17(21-14)22-15-5-3-4-11(2)19-15/h3-9H,1-2H3,(H,20,23)(H,19,21,22). The molecule has 24 heavy (non-hydrogen) atoms. The Morgan fingerprint density at radius 2 is 2.00 bits per heavy atom. The number of aryl methyl sites for hydroxylation is 2. The smallest absolute Gasteiger partial charge is 0.275 e. The van der Waals surface area contributed by atoms with Crippen molar-refractivity contribution in [3.05, 3.63) is 64.5 Å². The lowest BCUT2D eigenvalue weighted by molar-refractivity contribution is 0.102. The van der Waals surface area contributed by atoms with Gasteiger partial charge in [-0.15, -0.1) is 11.3 Å². The molecule has 3 aromatic rings. The van der Waals surface area contributed by atoms with Crippen molar-refractivity contribution >= 4 is 33.9 Å². The van der Waals surface area contributed by atoms with Gasteiger partial charge in [0.2, 0.25) is 0 Å². The van der Waals surface area contributed by atoms with E-state index < -0.39 is 0 Å². The molecule has 5 nitrogen and oxygen atoms in total. The molecule has 0 unspecified atom stereocenters. The van der Waals surface area contributed by atoms with E-state index in [0.717, 1.165) is 5.69 Å². The highest BCUT2D eigenvalue weighted by Crippen LogP contribution is 2.21. The SMILES string of the molecule is Cc1cccc(Nc2nc(C(=O)Nc3ccc(C)c(F)c3)cs2)n1. The van der Waals surface area contributed by atoms with E-state index in [-0.39, 0.29) is 17.4 Å². The Labute approximate surface area is 142 Å². The first-order chi connectivity index (χ1) is 11.5. The summed E-state index contributed by atoms with van der Waals surface area (Å²) < 4.78 is 13.5. The van der Waals surface area contributed by atoms with E-state index in [2.05, 4.69) is 20.6 Å². The van der Waals surface area contributed by atoms with Gasteiger partial charge in [-0.1, -0.05) is 12.1 Å². The summed E-state index contributed by atoms with van der Waals surface area (Å²) in [4.78, 5) is 20.8. The predicted molar refractivity (Wildman–Crippen MR) is 93.5 cm³/mol. The number of amides is 1. The second-order valence-corrected chi connectivity index (χ2v) is 6.10. The topological polar surface area (TPSA) is 66.9 Å². The Bertz CT molecular complexity index is 894. The molecule has 2 N–H and O–H groups in total. The zero-order chi connectivity index (χ0) is 17.1. The van der Waals surface area contributed by atoms with Crippen LogP contribution in [0.3, 0.4) is 0 Å². The van der Waals surface area contributed by atoms with Gasteiger partial charge in [0.15, 0.2) is 5.13 Å². The van der Waals surface area contributed by atoms with Crippen molar-refractivity contribution in [3.63, 3.8) is 0 Å². The number of hydrogen-bond acceptors (Lipinski definition) is 5. The summed E-state index contributed by atoms with van der Waals surface area (Å²) in [5.74, 6) is -0.0874. The molecule has 0 bridgehead atoms. The van der Waals surface area contributed by atoms with Crippen molar-refractivity contribution in [2.75, 3.05) is 10.6 Å². The van der Waals surface area contributed by atoms with E-state index in [1.54, 1.807) is 24.4 Å². The number of aromatic nitrogens is 2. The van der Waals surface area contributed by atoms with E-state index in [1.807, 2.05) is 25.1 Å². The van der Waals surface area contributed by atoms with Crippen LogP contribution in [0.25, 0.3) is 0 Å². The van der Waals surface area contributed by atoms with Gasteiger partial charge in [-0.25, -0.2) is 14.4 Å². The van der Waals surface area contributed by atoms with Gasteiger partial charge in [-0.3, -0.25) is 4.79 Å². The molecule has 0 saturated carbocycles. The van der Waals surface area contributed by atoms with Crippen LogP contribution in [0.4, 0.5) is 21.0 Å². The minimum Gasteiger partial charge on any atom is -0.321 e. The first-order valence-corrected chi connectivity index (χ1v) is 8.13. The third-order valence-electron chi connectivity index (χ3n) is 3.29. The minimum atomic E-state index is -0.389. The Balaban J connectivity index is 1.70. The highest BCUT2D eigenvalue weighted by Gasteiger charge is 2.12. The largest absolute Gasteiger partial charge is 0.321 e. The molecule has 0 spiro atoms. The molecular weight excluding hydrogens is 327 g/mol. The Kier molecular flexibility index (Phi) is 4.52. The molecule has 0 fully saturated rings. The maximum absolute atomic E-state index is 13.5. The van der Waals surface area contributed by atoms with E-state index in [4.69, 9.17) is 0 Å². The van der Waals surface area contributed by atoms with Crippen LogP contribution in [0.5, 0.6) is 0 Å². The monoisotopic (exact) mass is 342 g/mol. The fraction of sp³-hybridized carbons (Fsp3) is 0.118. The van der Waals surface area contributed by atoms with Crippen LogP contribution >= 0.6 is 11.3 Å². The van der Waals surface area contributed by atoms with E-state index in [0.29, 0.717) is 22.2 Å². The number of pyridine rings is 1. The first-order valence-electron chi connectivity index (χ1n) is 7.25. The molecule has 7 heteroatoms. The fourth-order valence-electron chi connectivity index (χ4n) is 2.02. The summed E-state index contributed by atoms with van der Waals surface area (Å²) >= 11 is 1.30. The molecule has 0 aliphatic carbocycles. The summed E-state index contributed by atoms with van der Waals surface area (Å²) in [5, 5.41) is 7.89.